The monoisotopic (exact) mass is 226 g/mol. The number of ether oxygens (including phenoxy) is 1. The van der Waals surface area contributed by atoms with E-state index in [-0.39, 0.29) is 17.4 Å². The average Bonchev–Trinajstić information content (AvgIpc) is 2.27. The minimum Gasteiger partial charge on any atom is -0.504 e. The highest BCUT2D eigenvalue weighted by Gasteiger charge is 2.00. The van der Waals surface area contributed by atoms with Crippen molar-refractivity contribution in [1.82, 2.24) is 0 Å². The molecule has 0 aromatic heterocycles. The lowest BCUT2D eigenvalue weighted by atomic mass is 10.2. The van der Waals surface area contributed by atoms with E-state index in [4.69, 9.17) is 16.3 Å². The van der Waals surface area contributed by atoms with Crippen LogP contribution in [0.2, 0.25) is 0 Å². The molecule has 1 aromatic rings. The number of alkyl halides is 1. The van der Waals surface area contributed by atoms with Crippen LogP contribution in [0.5, 0.6) is 11.5 Å². The molecule has 1 N–H and O–H groups in total. The fourth-order valence-electron chi connectivity index (χ4n) is 1.03. The third-order valence-electron chi connectivity index (χ3n) is 1.80. The molecule has 0 atom stereocenters. The minimum atomic E-state index is -0.163. The summed E-state index contributed by atoms with van der Waals surface area (Å²) in [6.45, 7) is 0. The third-order valence-corrected chi connectivity index (χ3v) is 2.06. The van der Waals surface area contributed by atoms with E-state index in [2.05, 4.69) is 0 Å². The summed E-state index contributed by atoms with van der Waals surface area (Å²) in [5.74, 6) is 0.239. The lowest BCUT2D eigenvalue weighted by Crippen LogP contribution is -1.91. The molecule has 0 heterocycles. The molecule has 0 saturated carbocycles. The molecule has 0 bridgehead atoms. The van der Waals surface area contributed by atoms with Crippen molar-refractivity contribution in [1.29, 1.82) is 0 Å². The molecule has 0 aliphatic heterocycles. The quantitative estimate of drug-likeness (QED) is 0.633. The number of hydrogen-bond acceptors (Lipinski definition) is 3. The maximum absolute atomic E-state index is 10.9. The molecule has 3 nitrogen and oxygen atoms in total. The molecular formula is C11H11ClO3. The zero-order valence-electron chi connectivity index (χ0n) is 8.24. The molecule has 0 spiro atoms. The maximum atomic E-state index is 10.9. The van der Waals surface area contributed by atoms with Gasteiger partial charge in [-0.2, -0.15) is 0 Å². The normalized spacial score (nSPS) is 10.5. The Labute approximate surface area is 92.9 Å². The summed E-state index contributed by atoms with van der Waals surface area (Å²) < 4.78 is 4.92. The van der Waals surface area contributed by atoms with Crippen LogP contribution in [-0.4, -0.2) is 23.9 Å². The average molecular weight is 227 g/mol. The van der Waals surface area contributed by atoms with E-state index in [0.717, 1.165) is 5.56 Å². The van der Waals surface area contributed by atoms with Crippen molar-refractivity contribution in [2.45, 2.75) is 0 Å². The summed E-state index contributed by atoms with van der Waals surface area (Å²) in [6, 6.07) is 4.81. The lowest BCUT2D eigenvalue weighted by Gasteiger charge is -2.03. The van der Waals surface area contributed by atoms with E-state index in [1.807, 2.05) is 0 Å². The first-order chi connectivity index (χ1) is 7.17. The van der Waals surface area contributed by atoms with Gasteiger partial charge in [-0.25, -0.2) is 0 Å². The molecular weight excluding hydrogens is 216 g/mol. The summed E-state index contributed by atoms with van der Waals surface area (Å²) in [6.07, 6.45) is 3.01. The minimum absolute atomic E-state index is 0.0360. The zero-order chi connectivity index (χ0) is 11.3. The van der Waals surface area contributed by atoms with E-state index in [1.165, 1.54) is 19.3 Å². The predicted molar refractivity (Wildman–Crippen MR) is 59.4 cm³/mol. The third kappa shape index (κ3) is 3.29. The van der Waals surface area contributed by atoms with Gasteiger partial charge in [0.2, 0.25) is 0 Å². The van der Waals surface area contributed by atoms with Crippen LogP contribution in [0.15, 0.2) is 24.3 Å². The van der Waals surface area contributed by atoms with E-state index in [0.29, 0.717) is 5.75 Å². The van der Waals surface area contributed by atoms with Gasteiger partial charge >= 0.3 is 0 Å². The van der Waals surface area contributed by atoms with Crippen LogP contribution >= 0.6 is 11.6 Å². The molecule has 0 unspecified atom stereocenters. The second-order valence-electron chi connectivity index (χ2n) is 2.86. The van der Waals surface area contributed by atoms with Crippen molar-refractivity contribution in [3.8, 4) is 11.5 Å². The highest BCUT2D eigenvalue weighted by atomic mass is 35.5. The molecule has 80 valence electrons. The van der Waals surface area contributed by atoms with Gasteiger partial charge in [0.15, 0.2) is 17.3 Å². The van der Waals surface area contributed by atoms with Crippen LogP contribution in [0.4, 0.5) is 0 Å². The number of ketones is 1. The molecule has 1 aromatic carbocycles. The van der Waals surface area contributed by atoms with E-state index < -0.39 is 0 Å². The van der Waals surface area contributed by atoms with Crippen LogP contribution in [0.1, 0.15) is 5.56 Å². The second-order valence-corrected chi connectivity index (χ2v) is 3.13. The molecule has 15 heavy (non-hydrogen) atoms. The van der Waals surface area contributed by atoms with Gasteiger partial charge in [-0.05, 0) is 23.8 Å². The van der Waals surface area contributed by atoms with Gasteiger partial charge < -0.3 is 9.84 Å². The van der Waals surface area contributed by atoms with E-state index in [9.17, 15) is 9.90 Å². The number of hydrogen-bond donors (Lipinski definition) is 1. The molecule has 0 amide bonds. The Balaban J connectivity index is 2.87. The van der Waals surface area contributed by atoms with Crippen LogP contribution in [-0.2, 0) is 4.79 Å². The molecule has 0 fully saturated rings. The summed E-state index contributed by atoms with van der Waals surface area (Å²) in [4.78, 5) is 10.9. The first kappa shape index (κ1) is 11.6. The fraction of sp³-hybridized carbons (Fsp3) is 0.182. The van der Waals surface area contributed by atoms with Crippen LogP contribution < -0.4 is 4.74 Å². The van der Waals surface area contributed by atoms with Crippen molar-refractivity contribution < 1.29 is 14.6 Å². The van der Waals surface area contributed by atoms with Gasteiger partial charge in [0.05, 0.1) is 13.0 Å². The fourth-order valence-corrected chi connectivity index (χ4v) is 1.12. The standard InChI is InChI=1S/C11H11ClO3/c1-15-11-6-8(3-5-10(11)14)2-4-9(13)7-12/h2-6,14H,7H2,1H3. The summed E-state index contributed by atoms with van der Waals surface area (Å²) in [5.41, 5.74) is 0.767. The first-order valence-corrected chi connectivity index (χ1v) is 4.84. The Kier molecular flexibility index (Phi) is 4.18. The van der Waals surface area contributed by atoms with Crippen molar-refractivity contribution in [2.75, 3.05) is 13.0 Å². The van der Waals surface area contributed by atoms with Crippen LogP contribution in [0, 0.1) is 0 Å². The molecule has 0 radical (unpaired) electrons. The Hall–Kier alpha value is -1.48. The number of aromatic hydroxyl groups is 1. The van der Waals surface area contributed by atoms with Gasteiger partial charge in [-0.3, -0.25) is 4.79 Å². The van der Waals surface area contributed by atoms with Gasteiger partial charge in [0.25, 0.3) is 0 Å². The topological polar surface area (TPSA) is 46.5 Å². The number of phenolic OH excluding ortho intramolecular Hbond substituents is 1. The van der Waals surface area contributed by atoms with Crippen molar-refractivity contribution in [3.05, 3.63) is 29.8 Å². The molecule has 0 aliphatic rings. The van der Waals surface area contributed by atoms with Crippen LogP contribution in [0.3, 0.4) is 0 Å². The Morgan fingerprint density at radius 2 is 2.33 bits per heavy atom. The largest absolute Gasteiger partial charge is 0.504 e. The molecule has 4 heteroatoms. The molecule has 1 rings (SSSR count). The smallest absolute Gasteiger partial charge is 0.170 e. The Morgan fingerprint density at radius 1 is 1.60 bits per heavy atom. The van der Waals surface area contributed by atoms with Crippen molar-refractivity contribution >= 4 is 23.5 Å². The number of rotatable bonds is 4. The lowest BCUT2D eigenvalue weighted by molar-refractivity contribution is -0.112. The first-order valence-electron chi connectivity index (χ1n) is 4.31. The SMILES string of the molecule is COc1cc(C=CC(=O)CCl)ccc1O. The number of carbonyl (C=O) groups excluding carboxylic acids is 1. The van der Waals surface area contributed by atoms with Crippen LogP contribution in [0.25, 0.3) is 6.08 Å². The summed E-state index contributed by atoms with van der Waals surface area (Å²) in [7, 11) is 1.46. The second kappa shape index (κ2) is 5.41. The van der Waals surface area contributed by atoms with E-state index >= 15 is 0 Å². The van der Waals surface area contributed by atoms with Gasteiger partial charge in [0, 0.05) is 0 Å². The zero-order valence-corrected chi connectivity index (χ0v) is 8.99. The number of halogens is 1. The molecule has 0 saturated heterocycles. The van der Waals surface area contributed by atoms with Crippen molar-refractivity contribution in [2.24, 2.45) is 0 Å². The highest BCUT2D eigenvalue weighted by molar-refractivity contribution is 6.29. The van der Waals surface area contributed by atoms with E-state index in [1.54, 1.807) is 18.2 Å². The van der Waals surface area contributed by atoms with Gasteiger partial charge in [0.1, 0.15) is 0 Å². The number of phenols is 1. The Bertz CT molecular complexity index is 385. The summed E-state index contributed by atoms with van der Waals surface area (Å²) >= 11 is 5.34. The number of benzene rings is 1. The number of carbonyl (C=O) groups is 1. The van der Waals surface area contributed by atoms with Crippen molar-refractivity contribution in [3.63, 3.8) is 0 Å². The van der Waals surface area contributed by atoms with Gasteiger partial charge in [-0.15, -0.1) is 11.6 Å². The molecule has 0 aliphatic carbocycles. The number of allylic oxidation sites excluding steroid dienone is 1. The maximum Gasteiger partial charge on any atom is 0.170 e. The number of methoxy groups -OCH3 is 1. The van der Waals surface area contributed by atoms with Gasteiger partial charge in [-0.1, -0.05) is 12.1 Å². The Morgan fingerprint density at radius 3 is 2.93 bits per heavy atom. The predicted octanol–water partition coefficient (Wildman–Crippen LogP) is 2.22. The highest BCUT2D eigenvalue weighted by Crippen LogP contribution is 2.26. The summed E-state index contributed by atoms with van der Waals surface area (Å²) in [5, 5.41) is 9.32.